The minimum absolute atomic E-state index is 0.00593. The van der Waals surface area contributed by atoms with E-state index in [-0.39, 0.29) is 24.5 Å². The van der Waals surface area contributed by atoms with Gasteiger partial charge in [0.15, 0.2) is 0 Å². The molecular formula is C15H19NO3. The predicted molar refractivity (Wildman–Crippen MR) is 73.0 cm³/mol. The van der Waals surface area contributed by atoms with Crippen molar-refractivity contribution in [2.45, 2.75) is 39.2 Å². The van der Waals surface area contributed by atoms with Gasteiger partial charge in [0.1, 0.15) is 6.54 Å². The minimum Gasteiger partial charge on any atom is -0.462 e. The van der Waals surface area contributed by atoms with E-state index < -0.39 is 0 Å². The highest BCUT2D eigenvalue weighted by molar-refractivity contribution is 5.98. The Kier molecular flexibility index (Phi) is 4.20. The van der Waals surface area contributed by atoms with Gasteiger partial charge in [-0.1, -0.05) is 18.2 Å². The second kappa shape index (κ2) is 5.87. The molecular weight excluding hydrogens is 242 g/mol. The topological polar surface area (TPSA) is 46.6 Å². The Morgan fingerprint density at radius 2 is 2.05 bits per heavy atom. The number of fused-ring (bicyclic) bond motifs is 1. The maximum absolute atomic E-state index is 12.1. The minimum atomic E-state index is -0.361. The fourth-order valence-corrected chi connectivity index (χ4v) is 2.29. The molecule has 0 saturated heterocycles. The highest BCUT2D eigenvalue weighted by atomic mass is 16.5. The third kappa shape index (κ3) is 3.34. The van der Waals surface area contributed by atoms with Crippen LogP contribution in [0.15, 0.2) is 24.3 Å². The van der Waals surface area contributed by atoms with Crippen molar-refractivity contribution in [2.24, 2.45) is 0 Å². The molecule has 0 aromatic heterocycles. The molecule has 0 unspecified atom stereocenters. The summed E-state index contributed by atoms with van der Waals surface area (Å²) in [6, 6.07) is 7.74. The lowest BCUT2D eigenvalue weighted by atomic mass is 10.1. The van der Waals surface area contributed by atoms with E-state index in [2.05, 4.69) is 0 Å². The molecule has 19 heavy (non-hydrogen) atoms. The lowest BCUT2D eigenvalue weighted by Gasteiger charge is -2.22. The van der Waals surface area contributed by atoms with E-state index in [1.54, 1.807) is 18.7 Å². The van der Waals surface area contributed by atoms with Gasteiger partial charge in [-0.05, 0) is 38.3 Å². The Bertz CT molecular complexity index is 482. The smallest absolute Gasteiger partial charge is 0.326 e. The largest absolute Gasteiger partial charge is 0.462 e. The summed E-state index contributed by atoms with van der Waals surface area (Å²) in [7, 11) is 0. The van der Waals surface area contributed by atoms with Crippen molar-refractivity contribution < 1.29 is 14.3 Å². The number of esters is 1. The summed E-state index contributed by atoms with van der Waals surface area (Å²) in [5.74, 6) is -0.370. The van der Waals surface area contributed by atoms with E-state index in [0.29, 0.717) is 6.42 Å². The van der Waals surface area contributed by atoms with Crippen molar-refractivity contribution in [2.75, 3.05) is 11.4 Å². The SMILES string of the molecule is CC(C)OC(=O)CN1C(=O)CCCc2ccccc21. The molecule has 1 aliphatic heterocycles. The molecule has 0 atom stereocenters. The molecule has 1 heterocycles. The van der Waals surface area contributed by atoms with Crippen molar-refractivity contribution in [3.63, 3.8) is 0 Å². The number of anilines is 1. The van der Waals surface area contributed by atoms with Gasteiger partial charge in [-0.2, -0.15) is 0 Å². The Balaban J connectivity index is 2.21. The van der Waals surface area contributed by atoms with Gasteiger partial charge in [0.25, 0.3) is 0 Å². The van der Waals surface area contributed by atoms with Gasteiger partial charge in [-0.15, -0.1) is 0 Å². The predicted octanol–water partition coefficient (Wildman–Crippen LogP) is 2.31. The average Bonchev–Trinajstić information content (AvgIpc) is 2.49. The highest BCUT2D eigenvalue weighted by Gasteiger charge is 2.24. The molecule has 0 N–H and O–H groups in total. The average molecular weight is 261 g/mol. The number of carbonyl (C=O) groups is 2. The number of carbonyl (C=O) groups excluding carboxylic acids is 2. The van der Waals surface area contributed by atoms with Crippen LogP contribution in [0, 0.1) is 0 Å². The lowest BCUT2D eigenvalue weighted by molar-refractivity contribution is -0.146. The number of aryl methyl sites for hydroxylation is 1. The van der Waals surface area contributed by atoms with Gasteiger partial charge < -0.3 is 9.64 Å². The van der Waals surface area contributed by atoms with Crippen LogP contribution in [-0.4, -0.2) is 24.5 Å². The van der Waals surface area contributed by atoms with Gasteiger partial charge in [0.2, 0.25) is 5.91 Å². The number of nitrogens with zero attached hydrogens (tertiary/aromatic N) is 1. The van der Waals surface area contributed by atoms with Crippen molar-refractivity contribution in [3.05, 3.63) is 29.8 Å². The zero-order chi connectivity index (χ0) is 13.8. The molecule has 1 amide bonds. The Hall–Kier alpha value is -1.84. The zero-order valence-electron chi connectivity index (χ0n) is 11.4. The molecule has 0 spiro atoms. The maximum Gasteiger partial charge on any atom is 0.326 e. The van der Waals surface area contributed by atoms with Crippen molar-refractivity contribution in [1.29, 1.82) is 0 Å². The van der Waals surface area contributed by atoms with Crippen molar-refractivity contribution in [3.8, 4) is 0 Å². The number of hydrogen-bond donors (Lipinski definition) is 0. The van der Waals surface area contributed by atoms with E-state index in [4.69, 9.17) is 4.74 Å². The summed E-state index contributed by atoms with van der Waals surface area (Å²) in [6.07, 6.45) is 2.01. The van der Waals surface area contributed by atoms with Crippen molar-refractivity contribution >= 4 is 17.6 Å². The molecule has 4 nitrogen and oxygen atoms in total. The van der Waals surface area contributed by atoms with E-state index in [1.165, 1.54) is 0 Å². The van der Waals surface area contributed by atoms with Crippen LogP contribution in [0.4, 0.5) is 5.69 Å². The zero-order valence-corrected chi connectivity index (χ0v) is 11.4. The van der Waals surface area contributed by atoms with Crippen molar-refractivity contribution in [1.82, 2.24) is 0 Å². The molecule has 0 fully saturated rings. The summed E-state index contributed by atoms with van der Waals surface area (Å²) in [5.41, 5.74) is 1.96. The number of hydrogen-bond acceptors (Lipinski definition) is 3. The molecule has 1 aliphatic rings. The molecule has 0 radical (unpaired) electrons. The van der Waals surface area contributed by atoms with Gasteiger partial charge in [-0.3, -0.25) is 9.59 Å². The van der Waals surface area contributed by atoms with Crippen LogP contribution in [0.25, 0.3) is 0 Å². The van der Waals surface area contributed by atoms with Gasteiger partial charge >= 0.3 is 5.97 Å². The Morgan fingerprint density at radius 1 is 1.32 bits per heavy atom. The van der Waals surface area contributed by atoms with Crippen LogP contribution >= 0.6 is 0 Å². The maximum atomic E-state index is 12.1. The Labute approximate surface area is 113 Å². The van der Waals surface area contributed by atoms with Gasteiger partial charge in [0.05, 0.1) is 6.10 Å². The summed E-state index contributed by atoms with van der Waals surface area (Å²) >= 11 is 0. The molecule has 0 bridgehead atoms. The fraction of sp³-hybridized carbons (Fsp3) is 0.467. The summed E-state index contributed by atoms with van der Waals surface area (Å²) in [4.78, 5) is 25.4. The fourth-order valence-electron chi connectivity index (χ4n) is 2.29. The summed E-state index contributed by atoms with van der Waals surface area (Å²) in [6.45, 7) is 3.60. The first-order valence-corrected chi connectivity index (χ1v) is 6.65. The van der Waals surface area contributed by atoms with Crippen LogP contribution in [0.5, 0.6) is 0 Å². The first-order valence-electron chi connectivity index (χ1n) is 6.65. The molecule has 1 aromatic rings. The molecule has 4 heteroatoms. The van der Waals surface area contributed by atoms with Crippen LogP contribution < -0.4 is 4.90 Å². The Morgan fingerprint density at radius 3 is 2.79 bits per heavy atom. The third-order valence-electron chi connectivity index (χ3n) is 3.07. The van der Waals surface area contributed by atoms with Crippen LogP contribution in [0.2, 0.25) is 0 Å². The summed E-state index contributed by atoms with van der Waals surface area (Å²) < 4.78 is 5.12. The standard InChI is InChI=1S/C15H19NO3/c1-11(2)19-15(18)10-16-13-8-4-3-6-12(13)7-5-9-14(16)17/h3-4,6,8,11H,5,7,9-10H2,1-2H3. The van der Waals surface area contributed by atoms with E-state index in [0.717, 1.165) is 24.1 Å². The van der Waals surface area contributed by atoms with E-state index in [1.807, 2.05) is 24.3 Å². The second-order valence-electron chi connectivity index (χ2n) is 5.00. The monoisotopic (exact) mass is 261 g/mol. The van der Waals surface area contributed by atoms with Crippen LogP contribution in [0.3, 0.4) is 0 Å². The van der Waals surface area contributed by atoms with Crippen LogP contribution in [0.1, 0.15) is 32.3 Å². The number of benzene rings is 1. The number of amides is 1. The molecule has 2 rings (SSSR count). The van der Waals surface area contributed by atoms with Gasteiger partial charge in [-0.25, -0.2) is 0 Å². The quantitative estimate of drug-likeness (QED) is 0.784. The van der Waals surface area contributed by atoms with Crippen LogP contribution in [-0.2, 0) is 20.7 Å². The number of rotatable bonds is 3. The molecule has 1 aromatic carbocycles. The molecule has 0 aliphatic carbocycles. The number of para-hydroxylation sites is 1. The normalized spacial score (nSPS) is 15.1. The van der Waals surface area contributed by atoms with E-state index >= 15 is 0 Å². The third-order valence-corrected chi connectivity index (χ3v) is 3.07. The summed E-state index contributed by atoms with van der Waals surface area (Å²) in [5, 5.41) is 0. The molecule has 0 saturated carbocycles. The first kappa shape index (κ1) is 13.6. The lowest BCUT2D eigenvalue weighted by Crippen LogP contribution is -2.36. The first-order chi connectivity index (χ1) is 9.08. The number of ether oxygens (including phenoxy) is 1. The highest BCUT2D eigenvalue weighted by Crippen LogP contribution is 2.26. The molecule has 102 valence electrons. The second-order valence-corrected chi connectivity index (χ2v) is 5.00. The van der Waals surface area contributed by atoms with Gasteiger partial charge in [0, 0.05) is 12.1 Å². The van der Waals surface area contributed by atoms with E-state index in [9.17, 15) is 9.59 Å².